The van der Waals surface area contributed by atoms with Gasteiger partial charge in [-0.25, -0.2) is 0 Å². The van der Waals surface area contributed by atoms with Gasteiger partial charge in [0, 0.05) is 6.07 Å². The van der Waals surface area contributed by atoms with Crippen LogP contribution < -0.4 is 10.5 Å². The van der Waals surface area contributed by atoms with Crippen molar-refractivity contribution in [3.63, 3.8) is 0 Å². The van der Waals surface area contributed by atoms with E-state index in [2.05, 4.69) is 0 Å². The monoisotopic (exact) mass is 238 g/mol. The van der Waals surface area contributed by atoms with E-state index in [1.165, 1.54) is 6.07 Å². The van der Waals surface area contributed by atoms with E-state index in [0.717, 1.165) is 0 Å². The van der Waals surface area contributed by atoms with Crippen LogP contribution in [0.5, 0.6) is 5.75 Å². The first-order valence-electron chi connectivity index (χ1n) is 5.17. The second-order valence-electron chi connectivity index (χ2n) is 3.60. The lowest BCUT2D eigenvalue weighted by atomic mass is 10.2. The van der Waals surface area contributed by atoms with Crippen molar-refractivity contribution in [2.24, 2.45) is 5.73 Å². The highest BCUT2D eigenvalue weighted by Gasteiger charge is 2.22. The molecule has 0 heterocycles. The lowest BCUT2D eigenvalue weighted by Gasteiger charge is -2.15. The number of nitro benzene ring substituents is 1. The van der Waals surface area contributed by atoms with Crippen LogP contribution in [0.15, 0.2) is 18.2 Å². The molecule has 1 rings (SSSR count). The number of amides is 1. The smallest absolute Gasteiger partial charge is 0.311 e. The molecule has 1 atom stereocenters. The lowest BCUT2D eigenvalue weighted by molar-refractivity contribution is -0.386. The van der Waals surface area contributed by atoms with Gasteiger partial charge in [-0.1, -0.05) is 19.1 Å². The number of nitro groups is 1. The average molecular weight is 238 g/mol. The van der Waals surface area contributed by atoms with Crippen molar-refractivity contribution in [1.29, 1.82) is 0 Å². The van der Waals surface area contributed by atoms with Crippen molar-refractivity contribution in [2.45, 2.75) is 26.4 Å². The maximum atomic E-state index is 11.1. The van der Waals surface area contributed by atoms with Crippen LogP contribution in [0.25, 0.3) is 0 Å². The number of carbonyl (C=O) groups excluding carboxylic acids is 1. The first-order chi connectivity index (χ1) is 7.97. The van der Waals surface area contributed by atoms with Crippen LogP contribution in [-0.4, -0.2) is 16.9 Å². The summed E-state index contributed by atoms with van der Waals surface area (Å²) in [6.07, 6.45) is -0.490. The predicted octanol–water partition coefficient (Wildman–Crippen LogP) is 1.55. The van der Waals surface area contributed by atoms with Crippen molar-refractivity contribution in [2.75, 3.05) is 0 Å². The molecule has 2 N–H and O–H groups in total. The predicted molar refractivity (Wildman–Crippen MR) is 61.7 cm³/mol. The van der Waals surface area contributed by atoms with E-state index >= 15 is 0 Å². The second-order valence-corrected chi connectivity index (χ2v) is 3.60. The molecular formula is C11H14N2O4. The standard InChI is InChI=1S/C11H14N2O4/c1-3-9(11(12)14)17-10-7(2)5-4-6-8(10)13(15)16/h4-6,9H,3H2,1-2H3,(H2,12,14). The van der Waals surface area contributed by atoms with Gasteiger partial charge in [0.05, 0.1) is 4.92 Å². The molecular weight excluding hydrogens is 224 g/mol. The van der Waals surface area contributed by atoms with E-state index in [-0.39, 0.29) is 11.4 Å². The Balaban J connectivity index is 3.12. The molecule has 0 spiro atoms. The molecule has 0 radical (unpaired) electrons. The molecule has 1 aromatic rings. The highest BCUT2D eigenvalue weighted by molar-refractivity contribution is 5.79. The minimum absolute atomic E-state index is 0.100. The zero-order valence-corrected chi connectivity index (χ0v) is 9.67. The third-order valence-electron chi connectivity index (χ3n) is 2.34. The summed E-state index contributed by atoms with van der Waals surface area (Å²) < 4.78 is 5.33. The minimum Gasteiger partial charge on any atom is -0.473 e. The molecule has 17 heavy (non-hydrogen) atoms. The molecule has 0 bridgehead atoms. The van der Waals surface area contributed by atoms with Crippen molar-refractivity contribution in [3.8, 4) is 5.75 Å². The number of ether oxygens (including phenoxy) is 1. The van der Waals surface area contributed by atoms with E-state index < -0.39 is 16.9 Å². The van der Waals surface area contributed by atoms with Gasteiger partial charge in [-0.2, -0.15) is 0 Å². The lowest BCUT2D eigenvalue weighted by Crippen LogP contribution is -2.33. The van der Waals surface area contributed by atoms with Gasteiger partial charge in [0.25, 0.3) is 5.91 Å². The van der Waals surface area contributed by atoms with Crippen LogP contribution in [0.3, 0.4) is 0 Å². The van der Waals surface area contributed by atoms with Crippen LogP contribution in [0.4, 0.5) is 5.69 Å². The highest BCUT2D eigenvalue weighted by atomic mass is 16.6. The van der Waals surface area contributed by atoms with Gasteiger partial charge < -0.3 is 10.5 Å². The van der Waals surface area contributed by atoms with Crippen molar-refractivity contribution >= 4 is 11.6 Å². The molecule has 1 unspecified atom stereocenters. The van der Waals surface area contributed by atoms with Gasteiger partial charge in [0.15, 0.2) is 6.10 Å². The fraction of sp³-hybridized carbons (Fsp3) is 0.364. The van der Waals surface area contributed by atoms with Gasteiger partial charge in [0.2, 0.25) is 5.75 Å². The Labute approximate surface area is 98.5 Å². The zero-order valence-electron chi connectivity index (χ0n) is 9.67. The molecule has 1 amide bonds. The molecule has 0 aliphatic rings. The van der Waals surface area contributed by atoms with Crippen LogP contribution in [0.1, 0.15) is 18.9 Å². The Morgan fingerprint density at radius 3 is 2.71 bits per heavy atom. The largest absolute Gasteiger partial charge is 0.473 e. The van der Waals surface area contributed by atoms with E-state index in [4.69, 9.17) is 10.5 Å². The molecule has 0 saturated heterocycles. The molecule has 6 heteroatoms. The number of benzene rings is 1. The summed E-state index contributed by atoms with van der Waals surface area (Å²) in [4.78, 5) is 21.3. The third-order valence-corrected chi connectivity index (χ3v) is 2.34. The number of carbonyl (C=O) groups is 1. The molecule has 0 aromatic heterocycles. The average Bonchev–Trinajstić information content (AvgIpc) is 2.26. The van der Waals surface area contributed by atoms with E-state index in [1.54, 1.807) is 26.0 Å². The Morgan fingerprint density at radius 2 is 2.24 bits per heavy atom. The summed E-state index contributed by atoms with van der Waals surface area (Å²) in [7, 11) is 0. The maximum absolute atomic E-state index is 11.1. The SMILES string of the molecule is CCC(Oc1c(C)cccc1[N+](=O)[O-])C(N)=O. The number of nitrogens with zero attached hydrogens (tertiary/aromatic N) is 1. The van der Waals surface area contributed by atoms with E-state index in [9.17, 15) is 14.9 Å². The van der Waals surface area contributed by atoms with Gasteiger partial charge in [0.1, 0.15) is 0 Å². The number of rotatable bonds is 5. The topological polar surface area (TPSA) is 95.5 Å². The van der Waals surface area contributed by atoms with Gasteiger partial charge >= 0.3 is 5.69 Å². The van der Waals surface area contributed by atoms with Crippen LogP contribution in [0.2, 0.25) is 0 Å². The third kappa shape index (κ3) is 2.93. The molecule has 0 aliphatic carbocycles. The summed E-state index contributed by atoms with van der Waals surface area (Å²) >= 11 is 0. The van der Waals surface area contributed by atoms with Crippen molar-refractivity contribution in [3.05, 3.63) is 33.9 Å². The van der Waals surface area contributed by atoms with Crippen LogP contribution in [-0.2, 0) is 4.79 Å². The molecule has 92 valence electrons. The summed E-state index contributed by atoms with van der Waals surface area (Å²) in [5.74, 6) is -0.534. The van der Waals surface area contributed by atoms with E-state index in [1.807, 2.05) is 0 Å². The molecule has 1 aromatic carbocycles. The summed E-state index contributed by atoms with van der Waals surface area (Å²) in [5, 5.41) is 10.8. The van der Waals surface area contributed by atoms with Crippen LogP contribution >= 0.6 is 0 Å². The first-order valence-corrected chi connectivity index (χ1v) is 5.17. The number of hydrogen-bond acceptors (Lipinski definition) is 4. The molecule has 0 saturated carbocycles. The fourth-order valence-electron chi connectivity index (χ4n) is 1.42. The summed E-state index contributed by atoms with van der Waals surface area (Å²) in [6, 6.07) is 4.57. The Kier molecular flexibility index (Phi) is 4.03. The van der Waals surface area contributed by atoms with E-state index in [0.29, 0.717) is 12.0 Å². The van der Waals surface area contributed by atoms with Gasteiger partial charge in [-0.3, -0.25) is 14.9 Å². The Hall–Kier alpha value is -2.11. The number of aryl methyl sites for hydroxylation is 1. The fourth-order valence-corrected chi connectivity index (χ4v) is 1.42. The van der Waals surface area contributed by atoms with Gasteiger partial charge in [-0.15, -0.1) is 0 Å². The highest BCUT2D eigenvalue weighted by Crippen LogP contribution is 2.31. The number of para-hydroxylation sites is 1. The second kappa shape index (κ2) is 5.29. The van der Waals surface area contributed by atoms with Crippen LogP contribution in [0, 0.1) is 17.0 Å². The quantitative estimate of drug-likeness (QED) is 0.621. The number of primary amides is 1. The molecule has 0 fully saturated rings. The maximum Gasteiger partial charge on any atom is 0.311 e. The Bertz CT molecular complexity index is 445. The van der Waals surface area contributed by atoms with Gasteiger partial charge in [-0.05, 0) is 18.9 Å². The Morgan fingerprint density at radius 1 is 1.59 bits per heavy atom. The normalized spacial score (nSPS) is 11.9. The molecule has 6 nitrogen and oxygen atoms in total. The molecule has 0 aliphatic heterocycles. The summed E-state index contributed by atoms with van der Waals surface area (Å²) in [6.45, 7) is 3.40. The van der Waals surface area contributed by atoms with Crippen molar-refractivity contribution < 1.29 is 14.5 Å². The minimum atomic E-state index is -0.852. The summed E-state index contributed by atoms with van der Waals surface area (Å²) in [5.41, 5.74) is 5.57. The number of hydrogen-bond donors (Lipinski definition) is 1. The number of nitrogens with two attached hydrogens (primary N) is 1. The van der Waals surface area contributed by atoms with Crippen molar-refractivity contribution in [1.82, 2.24) is 0 Å². The first kappa shape index (κ1) is 13.0. The zero-order chi connectivity index (χ0) is 13.0.